The molecule has 118 valence electrons. The average Bonchev–Trinajstić information content (AvgIpc) is 3.00. The van der Waals surface area contributed by atoms with Gasteiger partial charge in [0.05, 0.1) is 6.61 Å². The van der Waals surface area contributed by atoms with Crippen LogP contribution in [-0.2, 0) is 24.2 Å². The van der Waals surface area contributed by atoms with E-state index in [9.17, 15) is 4.39 Å². The van der Waals surface area contributed by atoms with Crippen LogP contribution in [-0.4, -0.2) is 19.4 Å². The third-order valence-electron chi connectivity index (χ3n) is 3.76. The smallest absolute Gasteiger partial charge is 0.189 e. The van der Waals surface area contributed by atoms with E-state index in [4.69, 9.17) is 9.47 Å². The van der Waals surface area contributed by atoms with E-state index in [0.29, 0.717) is 12.6 Å². The summed E-state index contributed by atoms with van der Waals surface area (Å²) in [6.07, 6.45) is 1.75. The molecular weight excluding hydrogens is 301 g/mol. The molecule has 5 heteroatoms. The van der Waals surface area contributed by atoms with E-state index in [0.717, 1.165) is 36.3 Å². The molecule has 0 amide bonds. The molecule has 0 aliphatic carbocycles. The van der Waals surface area contributed by atoms with Gasteiger partial charge < -0.3 is 14.8 Å². The first-order chi connectivity index (χ1) is 10.7. The van der Waals surface area contributed by atoms with E-state index in [1.165, 1.54) is 11.6 Å². The molecule has 2 heterocycles. The molecule has 0 spiro atoms. The van der Waals surface area contributed by atoms with E-state index >= 15 is 0 Å². The number of benzene rings is 1. The van der Waals surface area contributed by atoms with Crippen molar-refractivity contribution >= 4 is 11.3 Å². The molecular formula is C17H20FNO2S. The molecule has 1 aliphatic rings. The predicted octanol–water partition coefficient (Wildman–Crippen LogP) is 3.52. The van der Waals surface area contributed by atoms with Gasteiger partial charge in [0.25, 0.3) is 0 Å². The van der Waals surface area contributed by atoms with E-state index < -0.39 is 0 Å². The predicted molar refractivity (Wildman–Crippen MR) is 85.9 cm³/mol. The molecule has 22 heavy (non-hydrogen) atoms. The number of fused-ring (bicyclic) bond motifs is 1. The Morgan fingerprint density at radius 2 is 2.32 bits per heavy atom. The van der Waals surface area contributed by atoms with Gasteiger partial charge in [0.15, 0.2) is 6.79 Å². The fraction of sp³-hybridized carbons (Fsp3) is 0.412. The highest BCUT2D eigenvalue weighted by atomic mass is 32.1. The Morgan fingerprint density at radius 3 is 3.14 bits per heavy atom. The summed E-state index contributed by atoms with van der Waals surface area (Å²) < 4.78 is 24.4. The van der Waals surface area contributed by atoms with Crippen molar-refractivity contribution in [1.29, 1.82) is 0 Å². The van der Waals surface area contributed by atoms with Crippen LogP contribution in [0.15, 0.2) is 29.0 Å². The van der Waals surface area contributed by atoms with Gasteiger partial charge in [0.2, 0.25) is 0 Å². The molecule has 0 radical (unpaired) electrons. The molecule has 2 aromatic rings. The van der Waals surface area contributed by atoms with Gasteiger partial charge in [0.1, 0.15) is 11.6 Å². The first-order valence-electron chi connectivity index (χ1n) is 7.48. The fourth-order valence-electron chi connectivity index (χ4n) is 2.73. The van der Waals surface area contributed by atoms with E-state index in [1.807, 2.05) is 0 Å². The van der Waals surface area contributed by atoms with Gasteiger partial charge in [0, 0.05) is 11.6 Å². The number of rotatable bonds is 6. The van der Waals surface area contributed by atoms with Crippen molar-refractivity contribution in [3.05, 3.63) is 51.5 Å². The highest BCUT2D eigenvalue weighted by Gasteiger charge is 2.16. The van der Waals surface area contributed by atoms with Crippen LogP contribution in [0.1, 0.15) is 23.6 Å². The number of nitrogens with one attached hydrogen (secondary N) is 1. The lowest BCUT2D eigenvalue weighted by molar-refractivity contribution is -0.0172. The second kappa shape index (κ2) is 7.22. The molecule has 0 saturated carbocycles. The van der Waals surface area contributed by atoms with E-state index in [1.54, 1.807) is 17.4 Å². The minimum absolute atomic E-state index is 0.228. The maximum Gasteiger partial charge on any atom is 0.189 e. The summed E-state index contributed by atoms with van der Waals surface area (Å²) in [5, 5.41) is 7.76. The molecule has 0 bridgehead atoms. The molecule has 0 unspecified atom stereocenters. The van der Waals surface area contributed by atoms with Gasteiger partial charge in [-0.15, -0.1) is 0 Å². The van der Waals surface area contributed by atoms with Crippen LogP contribution in [0.25, 0.3) is 0 Å². The van der Waals surface area contributed by atoms with Crippen molar-refractivity contribution in [2.24, 2.45) is 0 Å². The molecule has 1 aliphatic heterocycles. The zero-order valence-electron chi connectivity index (χ0n) is 12.6. The Hall–Kier alpha value is -1.43. The first-order valence-corrected chi connectivity index (χ1v) is 8.43. The van der Waals surface area contributed by atoms with Gasteiger partial charge >= 0.3 is 0 Å². The molecule has 1 aromatic heterocycles. The lowest BCUT2D eigenvalue weighted by Gasteiger charge is -2.21. The summed E-state index contributed by atoms with van der Waals surface area (Å²) in [5.74, 6) is 0.564. The van der Waals surface area contributed by atoms with Gasteiger partial charge in [-0.05, 0) is 66.4 Å². The highest BCUT2D eigenvalue weighted by molar-refractivity contribution is 7.07. The maximum absolute atomic E-state index is 13.7. The van der Waals surface area contributed by atoms with Crippen LogP contribution in [0.5, 0.6) is 5.75 Å². The first kappa shape index (κ1) is 15.5. The second-order valence-electron chi connectivity index (χ2n) is 5.60. The standard InChI is InChI=1S/C17H20FNO2S/c1-12(6-13-3-5-22-10-13)19-4-2-14-7-16(18)8-15-9-20-11-21-17(14)15/h3,5,7-8,10,12,19H,2,4,6,9,11H2,1H3/t12-/m0/s1. The SMILES string of the molecule is C[C@@H](Cc1ccsc1)NCCc1cc(F)cc2c1OCOC2. The molecule has 3 nitrogen and oxygen atoms in total. The highest BCUT2D eigenvalue weighted by Crippen LogP contribution is 2.29. The molecule has 3 rings (SSSR count). The lowest BCUT2D eigenvalue weighted by Crippen LogP contribution is -2.30. The summed E-state index contributed by atoms with van der Waals surface area (Å²) >= 11 is 1.72. The van der Waals surface area contributed by atoms with Crippen molar-refractivity contribution in [2.75, 3.05) is 13.3 Å². The topological polar surface area (TPSA) is 30.5 Å². The molecule has 1 atom stereocenters. The number of thiophene rings is 1. The van der Waals surface area contributed by atoms with Crippen LogP contribution < -0.4 is 10.1 Å². The zero-order valence-corrected chi connectivity index (χ0v) is 13.4. The number of hydrogen-bond acceptors (Lipinski definition) is 4. The van der Waals surface area contributed by atoms with Crippen LogP contribution in [0.4, 0.5) is 4.39 Å². The van der Waals surface area contributed by atoms with Crippen molar-refractivity contribution < 1.29 is 13.9 Å². The lowest BCUT2D eigenvalue weighted by atomic mass is 10.0. The van der Waals surface area contributed by atoms with Crippen LogP contribution in [0.2, 0.25) is 0 Å². The Bertz CT molecular complexity index is 615. The molecule has 0 fully saturated rings. The summed E-state index contributed by atoms with van der Waals surface area (Å²) in [6.45, 7) is 3.63. The van der Waals surface area contributed by atoms with Crippen molar-refractivity contribution in [2.45, 2.75) is 32.4 Å². The van der Waals surface area contributed by atoms with Crippen molar-refractivity contribution in [1.82, 2.24) is 5.32 Å². The Morgan fingerprint density at radius 1 is 1.41 bits per heavy atom. The van der Waals surface area contributed by atoms with Gasteiger partial charge in [-0.25, -0.2) is 4.39 Å². The molecule has 0 saturated heterocycles. The normalized spacial score (nSPS) is 15.2. The molecule has 1 N–H and O–H groups in total. The Balaban J connectivity index is 1.56. The number of ether oxygens (including phenoxy) is 2. The van der Waals surface area contributed by atoms with E-state index in [2.05, 4.69) is 29.1 Å². The largest absolute Gasteiger partial charge is 0.467 e. The average molecular weight is 321 g/mol. The van der Waals surface area contributed by atoms with Crippen LogP contribution in [0, 0.1) is 5.82 Å². The minimum atomic E-state index is -0.228. The number of halogens is 1. The monoisotopic (exact) mass is 321 g/mol. The Labute approximate surface area is 134 Å². The van der Waals surface area contributed by atoms with Gasteiger partial charge in [-0.3, -0.25) is 0 Å². The summed E-state index contributed by atoms with van der Waals surface area (Å²) in [5.41, 5.74) is 3.06. The summed E-state index contributed by atoms with van der Waals surface area (Å²) in [7, 11) is 0. The third kappa shape index (κ3) is 3.85. The number of hydrogen-bond donors (Lipinski definition) is 1. The third-order valence-corrected chi connectivity index (χ3v) is 4.49. The zero-order chi connectivity index (χ0) is 15.4. The van der Waals surface area contributed by atoms with E-state index in [-0.39, 0.29) is 12.6 Å². The van der Waals surface area contributed by atoms with Crippen LogP contribution in [0.3, 0.4) is 0 Å². The summed E-state index contributed by atoms with van der Waals surface area (Å²) in [6, 6.07) is 5.60. The maximum atomic E-state index is 13.7. The fourth-order valence-corrected chi connectivity index (χ4v) is 3.41. The summed E-state index contributed by atoms with van der Waals surface area (Å²) in [4.78, 5) is 0. The molecule has 1 aromatic carbocycles. The second-order valence-corrected chi connectivity index (χ2v) is 6.38. The minimum Gasteiger partial charge on any atom is -0.467 e. The van der Waals surface area contributed by atoms with Gasteiger partial charge in [-0.1, -0.05) is 0 Å². The van der Waals surface area contributed by atoms with Crippen LogP contribution >= 0.6 is 11.3 Å². The van der Waals surface area contributed by atoms with Gasteiger partial charge in [-0.2, -0.15) is 11.3 Å². The quantitative estimate of drug-likeness (QED) is 0.883. The Kier molecular flexibility index (Phi) is 5.08. The van der Waals surface area contributed by atoms with Crippen molar-refractivity contribution in [3.63, 3.8) is 0 Å². The van der Waals surface area contributed by atoms with Crippen molar-refractivity contribution in [3.8, 4) is 5.75 Å².